The lowest BCUT2D eigenvalue weighted by Crippen LogP contribution is -2.56. The molecule has 0 radical (unpaired) electrons. The first kappa shape index (κ1) is 19.7. The maximum atomic E-state index is 12.6. The number of carbonyl (C=O) groups is 1. The van der Waals surface area contributed by atoms with E-state index >= 15 is 0 Å². The molecule has 0 saturated carbocycles. The van der Waals surface area contributed by atoms with E-state index in [2.05, 4.69) is 15.1 Å². The van der Waals surface area contributed by atoms with Crippen molar-refractivity contribution < 1.29 is 18.8 Å². The number of hydrogen-bond acceptors (Lipinski definition) is 7. The van der Waals surface area contributed by atoms with Crippen LogP contribution in [0, 0.1) is 0 Å². The Morgan fingerprint density at radius 3 is 2.56 bits per heavy atom. The molecule has 3 heterocycles. The number of rotatable bonds is 6. The molecule has 2 aromatic carbocycles. The van der Waals surface area contributed by atoms with Crippen LogP contribution in [0.3, 0.4) is 0 Å². The highest BCUT2D eigenvalue weighted by atomic mass is 16.5. The number of likely N-dealkylation sites (tertiary alicyclic amines) is 1. The smallest absolute Gasteiger partial charge is 0.262 e. The quantitative estimate of drug-likeness (QED) is 0.462. The molecular weight excluding hydrogens is 408 g/mol. The van der Waals surface area contributed by atoms with E-state index in [1.54, 1.807) is 17.0 Å². The van der Waals surface area contributed by atoms with Crippen LogP contribution in [0.2, 0.25) is 0 Å². The van der Waals surface area contributed by atoms with Crippen LogP contribution in [0.15, 0.2) is 77.4 Å². The molecule has 1 saturated heterocycles. The van der Waals surface area contributed by atoms with Gasteiger partial charge in [-0.05, 0) is 18.2 Å². The molecule has 0 atom stereocenters. The van der Waals surface area contributed by atoms with Crippen molar-refractivity contribution >= 4 is 5.91 Å². The number of para-hydroxylation sites is 1. The Hall–Kier alpha value is -4.20. The SMILES string of the molecule is COc1ccc(C(=O)N2CC(Oc3ccccc3-c3nc(-c4ccccc4)no3)C2)cn1. The predicted molar refractivity (Wildman–Crippen MR) is 116 cm³/mol. The highest BCUT2D eigenvalue weighted by molar-refractivity contribution is 5.94. The molecule has 1 aliphatic heterocycles. The van der Waals surface area contributed by atoms with Crippen LogP contribution in [0.5, 0.6) is 11.6 Å². The summed E-state index contributed by atoms with van der Waals surface area (Å²) in [4.78, 5) is 22.9. The topological polar surface area (TPSA) is 90.6 Å². The first-order chi connectivity index (χ1) is 15.7. The molecule has 5 rings (SSSR count). The molecule has 32 heavy (non-hydrogen) atoms. The largest absolute Gasteiger partial charge is 0.486 e. The van der Waals surface area contributed by atoms with Crippen molar-refractivity contribution in [2.24, 2.45) is 0 Å². The van der Waals surface area contributed by atoms with E-state index in [9.17, 15) is 4.79 Å². The fourth-order valence-corrected chi connectivity index (χ4v) is 3.45. The summed E-state index contributed by atoms with van der Waals surface area (Å²) in [5.74, 6) is 1.93. The van der Waals surface area contributed by atoms with Crippen LogP contribution in [0.25, 0.3) is 22.8 Å². The third-order valence-corrected chi connectivity index (χ3v) is 5.20. The van der Waals surface area contributed by atoms with E-state index in [-0.39, 0.29) is 12.0 Å². The van der Waals surface area contributed by atoms with Gasteiger partial charge in [-0.25, -0.2) is 4.98 Å². The third kappa shape index (κ3) is 3.90. The van der Waals surface area contributed by atoms with Crippen LogP contribution in [0.4, 0.5) is 0 Å². The second-order valence-electron chi connectivity index (χ2n) is 7.32. The van der Waals surface area contributed by atoms with Crippen molar-refractivity contribution in [1.29, 1.82) is 0 Å². The Kier molecular flexibility index (Phi) is 5.25. The normalized spacial score (nSPS) is 13.5. The number of carbonyl (C=O) groups excluding carboxylic acids is 1. The summed E-state index contributed by atoms with van der Waals surface area (Å²) < 4.78 is 16.7. The van der Waals surface area contributed by atoms with Gasteiger partial charge in [0.1, 0.15) is 11.9 Å². The van der Waals surface area contributed by atoms with Crippen molar-refractivity contribution in [2.75, 3.05) is 20.2 Å². The monoisotopic (exact) mass is 428 g/mol. The maximum absolute atomic E-state index is 12.6. The van der Waals surface area contributed by atoms with Crippen molar-refractivity contribution in [3.63, 3.8) is 0 Å². The number of methoxy groups -OCH3 is 1. The lowest BCUT2D eigenvalue weighted by molar-refractivity contribution is 0.0179. The van der Waals surface area contributed by atoms with Crippen LogP contribution in [0.1, 0.15) is 10.4 Å². The zero-order chi connectivity index (χ0) is 21.9. The van der Waals surface area contributed by atoms with Crippen molar-refractivity contribution in [3.8, 4) is 34.5 Å². The predicted octanol–water partition coefficient (Wildman–Crippen LogP) is 3.71. The minimum absolute atomic E-state index is 0.0855. The number of pyridine rings is 1. The molecule has 160 valence electrons. The van der Waals surface area contributed by atoms with E-state index < -0.39 is 0 Å². The number of benzene rings is 2. The van der Waals surface area contributed by atoms with E-state index in [0.717, 1.165) is 5.56 Å². The van der Waals surface area contributed by atoms with Gasteiger partial charge in [-0.2, -0.15) is 4.98 Å². The van der Waals surface area contributed by atoms with E-state index in [4.69, 9.17) is 14.0 Å². The molecule has 8 nitrogen and oxygen atoms in total. The van der Waals surface area contributed by atoms with Gasteiger partial charge in [-0.1, -0.05) is 47.6 Å². The average Bonchev–Trinajstić information content (AvgIpc) is 3.32. The van der Waals surface area contributed by atoms with Crippen molar-refractivity contribution in [3.05, 3.63) is 78.5 Å². The average molecular weight is 428 g/mol. The first-order valence-electron chi connectivity index (χ1n) is 10.2. The lowest BCUT2D eigenvalue weighted by atomic mass is 10.1. The second kappa shape index (κ2) is 8.50. The molecule has 0 bridgehead atoms. The zero-order valence-corrected chi connectivity index (χ0v) is 17.3. The van der Waals surface area contributed by atoms with Gasteiger partial charge in [0.05, 0.1) is 31.3 Å². The third-order valence-electron chi connectivity index (χ3n) is 5.20. The Morgan fingerprint density at radius 2 is 1.81 bits per heavy atom. The van der Waals surface area contributed by atoms with Gasteiger partial charge < -0.3 is 18.9 Å². The van der Waals surface area contributed by atoms with E-state index in [1.165, 1.54) is 13.3 Å². The fraction of sp³-hybridized carbons (Fsp3) is 0.167. The number of amides is 1. The number of ether oxygens (including phenoxy) is 2. The fourth-order valence-electron chi connectivity index (χ4n) is 3.45. The second-order valence-corrected chi connectivity index (χ2v) is 7.32. The number of hydrogen-bond donors (Lipinski definition) is 0. The number of nitrogens with zero attached hydrogens (tertiary/aromatic N) is 4. The van der Waals surface area contributed by atoms with Gasteiger partial charge in [0, 0.05) is 17.8 Å². The summed E-state index contributed by atoms with van der Waals surface area (Å²) in [5, 5.41) is 4.09. The molecule has 8 heteroatoms. The molecular formula is C24H20N4O4. The summed E-state index contributed by atoms with van der Waals surface area (Å²) in [5.41, 5.74) is 2.11. The summed E-state index contributed by atoms with van der Waals surface area (Å²) in [6, 6.07) is 20.5. The Balaban J connectivity index is 1.26. The minimum Gasteiger partial charge on any atom is -0.486 e. The molecule has 1 fully saturated rings. The van der Waals surface area contributed by atoms with E-state index in [1.807, 2.05) is 54.6 Å². The molecule has 0 aliphatic carbocycles. The first-order valence-corrected chi connectivity index (χ1v) is 10.2. The van der Waals surface area contributed by atoms with E-state index in [0.29, 0.717) is 47.6 Å². The molecule has 0 spiro atoms. The van der Waals surface area contributed by atoms with Crippen LogP contribution in [-0.4, -0.2) is 52.2 Å². The van der Waals surface area contributed by atoms with Crippen LogP contribution in [-0.2, 0) is 0 Å². The van der Waals surface area contributed by atoms with Crippen molar-refractivity contribution in [1.82, 2.24) is 20.0 Å². The lowest BCUT2D eigenvalue weighted by Gasteiger charge is -2.39. The molecule has 0 N–H and O–H groups in total. The summed E-state index contributed by atoms with van der Waals surface area (Å²) in [6.45, 7) is 0.969. The highest BCUT2D eigenvalue weighted by Gasteiger charge is 2.33. The molecule has 1 aliphatic rings. The van der Waals surface area contributed by atoms with Gasteiger partial charge in [-0.15, -0.1) is 0 Å². The Morgan fingerprint density at radius 1 is 1.03 bits per heavy atom. The molecule has 1 amide bonds. The molecule has 4 aromatic rings. The Bertz CT molecular complexity index is 1220. The van der Waals surface area contributed by atoms with Gasteiger partial charge in [0.2, 0.25) is 11.7 Å². The van der Waals surface area contributed by atoms with Crippen LogP contribution >= 0.6 is 0 Å². The Labute approximate surface area is 184 Å². The van der Waals surface area contributed by atoms with Gasteiger partial charge in [-0.3, -0.25) is 4.79 Å². The molecule has 0 unspecified atom stereocenters. The summed E-state index contributed by atoms with van der Waals surface area (Å²) in [7, 11) is 1.54. The van der Waals surface area contributed by atoms with Crippen LogP contribution < -0.4 is 9.47 Å². The number of aromatic nitrogens is 3. The van der Waals surface area contributed by atoms with Crippen molar-refractivity contribution in [2.45, 2.75) is 6.10 Å². The standard InChI is InChI=1S/C24H20N4O4/c1-30-21-12-11-17(13-25-21)24(29)28-14-18(15-28)31-20-10-6-5-9-19(20)23-26-22(27-32-23)16-7-3-2-4-8-16/h2-13,18H,14-15H2,1H3. The van der Waals surface area contributed by atoms with Gasteiger partial charge in [0.25, 0.3) is 11.8 Å². The van der Waals surface area contributed by atoms with Gasteiger partial charge in [0.15, 0.2) is 0 Å². The van der Waals surface area contributed by atoms with Gasteiger partial charge >= 0.3 is 0 Å². The zero-order valence-electron chi connectivity index (χ0n) is 17.3. The highest BCUT2D eigenvalue weighted by Crippen LogP contribution is 2.32. The minimum atomic E-state index is -0.122. The summed E-state index contributed by atoms with van der Waals surface area (Å²) in [6.07, 6.45) is 1.40. The molecule has 2 aromatic heterocycles. The summed E-state index contributed by atoms with van der Waals surface area (Å²) >= 11 is 0. The maximum Gasteiger partial charge on any atom is 0.262 e.